The van der Waals surface area contributed by atoms with E-state index in [0.717, 1.165) is 68.8 Å². The van der Waals surface area contributed by atoms with Gasteiger partial charge in [-0.15, -0.1) is 0 Å². The number of anilines is 1. The molecule has 2 heterocycles. The van der Waals surface area contributed by atoms with Gasteiger partial charge in [0.05, 0.1) is 5.69 Å². The molecular formula is C14H22N4O. The van der Waals surface area contributed by atoms with Gasteiger partial charge in [0, 0.05) is 31.7 Å². The molecule has 0 radical (unpaired) electrons. The molecule has 2 aliphatic rings. The summed E-state index contributed by atoms with van der Waals surface area (Å²) < 4.78 is 1.71. The van der Waals surface area contributed by atoms with Crippen molar-refractivity contribution < 1.29 is 0 Å². The highest BCUT2D eigenvalue weighted by Gasteiger charge is 2.23. The fourth-order valence-electron chi connectivity index (χ4n) is 3.21. The highest BCUT2D eigenvalue weighted by molar-refractivity contribution is 5.36. The topological polar surface area (TPSA) is 64.2 Å². The van der Waals surface area contributed by atoms with E-state index in [4.69, 9.17) is 10.7 Å². The minimum absolute atomic E-state index is 0.138. The third-order valence-electron chi connectivity index (χ3n) is 4.28. The van der Waals surface area contributed by atoms with Gasteiger partial charge in [-0.3, -0.25) is 9.36 Å². The lowest BCUT2D eigenvalue weighted by atomic mass is 9.97. The Morgan fingerprint density at radius 1 is 1.26 bits per heavy atom. The summed E-state index contributed by atoms with van der Waals surface area (Å²) in [4.78, 5) is 19.4. The molecule has 0 spiro atoms. The van der Waals surface area contributed by atoms with E-state index in [1.807, 2.05) is 7.05 Å². The summed E-state index contributed by atoms with van der Waals surface area (Å²) in [6.45, 7) is 1.76. The van der Waals surface area contributed by atoms with Crippen molar-refractivity contribution in [3.63, 3.8) is 0 Å². The van der Waals surface area contributed by atoms with Crippen molar-refractivity contribution in [3.05, 3.63) is 21.6 Å². The number of hydrogen-bond acceptors (Lipinski definition) is 4. The lowest BCUT2D eigenvalue weighted by Crippen LogP contribution is -2.45. The second-order valence-electron chi connectivity index (χ2n) is 5.76. The molecule has 1 aromatic rings. The zero-order valence-electron chi connectivity index (χ0n) is 11.6. The Balaban J connectivity index is 2.01. The molecule has 1 atom stereocenters. The van der Waals surface area contributed by atoms with Crippen molar-refractivity contribution in [1.29, 1.82) is 0 Å². The number of fused-ring (bicyclic) bond motifs is 1. The van der Waals surface area contributed by atoms with Crippen LogP contribution in [0.15, 0.2) is 4.79 Å². The van der Waals surface area contributed by atoms with Gasteiger partial charge in [-0.05, 0) is 38.5 Å². The Kier molecular flexibility index (Phi) is 3.31. The largest absolute Gasteiger partial charge is 0.341 e. The van der Waals surface area contributed by atoms with Crippen LogP contribution in [0.1, 0.15) is 36.9 Å². The Morgan fingerprint density at radius 2 is 2.05 bits per heavy atom. The molecular weight excluding hydrogens is 240 g/mol. The smallest absolute Gasteiger partial charge is 0.258 e. The van der Waals surface area contributed by atoms with Crippen molar-refractivity contribution in [2.45, 2.75) is 44.6 Å². The Labute approximate surface area is 113 Å². The summed E-state index contributed by atoms with van der Waals surface area (Å²) in [5.74, 6) is 0.806. The third kappa shape index (κ3) is 2.27. The third-order valence-corrected chi connectivity index (χ3v) is 4.28. The molecule has 1 aliphatic heterocycles. The van der Waals surface area contributed by atoms with Crippen molar-refractivity contribution >= 4 is 5.95 Å². The molecule has 104 valence electrons. The van der Waals surface area contributed by atoms with Crippen LogP contribution >= 0.6 is 0 Å². The highest BCUT2D eigenvalue weighted by Crippen LogP contribution is 2.21. The number of aryl methyl sites for hydroxylation is 1. The van der Waals surface area contributed by atoms with E-state index in [9.17, 15) is 4.79 Å². The van der Waals surface area contributed by atoms with Gasteiger partial charge in [-0.2, -0.15) is 0 Å². The molecule has 0 bridgehead atoms. The second kappa shape index (κ2) is 4.96. The van der Waals surface area contributed by atoms with Gasteiger partial charge >= 0.3 is 0 Å². The van der Waals surface area contributed by atoms with Gasteiger partial charge in [-0.1, -0.05) is 0 Å². The molecule has 1 saturated heterocycles. The SMILES string of the molecule is Cn1c(N2CCC[C@@H](N)C2)nc2c(c1=O)CCCC2. The molecule has 0 aromatic carbocycles. The number of nitrogens with two attached hydrogens (primary N) is 1. The predicted molar refractivity (Wildman–Crippen MR) is 75.5 cm³/mol. The number of piperidine rings is 1. The molecule has 2 N–H and O–H groups in total. The molecule has 5 heteroatoms. The van der Waals surface area contributed by atoms with E-state index < -0.39 is 0 Å². The average molecular weight is 262 g/mol. The summed E-state index contributed by atoms with van der Waals surface area (Å²) in [5.41, 5.74) is 8.12. The molecule has 5 nitrogen and oxygen atoms in total. The molecule has 0 saturated carbocycles. The fourth-order valence-corrected chi connectivity index (χ4v) is 3.21. The van der Waals surface area contributed by atoms with Gasteiger partial charge < -0.3 is 10.6 Å². The molecule has 1 aromatic heterocycles. The van der Waals surface area contributed by atoms with E-state index in [2.05, 4.69) is 4.90 Å². The van der Waals surface area contributed by atoms with E-state index >= 15 is 0 Å². The first-order chi connectivity index (χ1) is 9.16. The zero-order chi connectivity index (χ0) is 13.4. The van der Waals surface area contributed by atoms with Gasteiger partial charge in [0.1, 0.15) is 0 Å². The van der Waals surface area contributed by atoms with Crippen molar-refractivity contribution in [2.75, 3.05) is 18.0 Å². The Morgan fingerprint density at radius 3 is 2.84 bits per heavy atom. The summed E-state index contributed by atoms with van der Waals surface area (Å²) in [6, 6.07) is 0.196. The zero-order valence-corrected chi connectivity index (χ0v) is 11.6. The fraction of sp³-hybridized carbons (Fsp3) is 0.714. The molecule has 0 amide bonds. The van der Waals surface area contributed by atoms with Crippen LogP contribution in [-0.2, 0) is 19.9 Å². The molecule has 0 unspecified atom stereocenters. The molecule has 19 heavy (non-hydrogen) atoms. The van der Waals surface area contributed by atoms with Crippen LogP contribution in [0.5, 0.6) is 0 Å². The van der Waals surface area contributed by atoms with Crippen molar-refractivity contribution in [2.24, 2.45) is 12.8 Å². The van der Waals surface area contributed by atoms with Crippen LogP contribution in [0, 0.1) is 0 Å². The molecule has 1 aliphatic carbocycles. The maximum absolute atomic E-state index is 12.4. The first-order valence-corrected chi connectivity index (χ1v) is 7.26. The van der Waals surface area contributed by atoms with Gasteiger partial charge in [0.25, 0.3) is 5.56 Å². The maximum Gasteiger partial charge on any atom is 0.258 e. The highest BCUT2D eigenvalue weighted by atomic mass is 16.1. The second-order valence-corrected chi connectivity index (χ2v) is 5.76. The van der Waals surface area contributed by atoms with E-state index in [1.165, 1.54) is 0 Å². The van der Waals surface area contributed by atoms with E-state index in [-0.39, 0.29) is 11.6 Å². The maximum atomic E-state index is 12.4. The van der Waals surface area contributed by atoms with Crippen LogP contribution in [-0.4, -0.2) is 28.7 Å². The molecule has 3 rings (SSSR count). The minimum atomic E-state index is 0.138. The van der Waals surface area contributed by atoms with Crippen LogP contribution in [0.4, 0.5) is 5.95 Å². The average Bonchev–Trinajstić information content (AvgIpc) is 2.43. The van der Waals surface area contributed by atoms with Gasteiger partial charge in [-0.25, -0.2) is 4.98 Å². The summed E-state index contributed by atoms with van der Waals surface area (Å²) >= 11 is 0. The normalized spacial score (nSPS) is 23.3. The first kappa shape index (κ1) is 12.7. The summed E-state index contributed by atoms with van der Waals surface area (Å²) in [6.07, 6.45) is 6.22. The number of hydrogen-bond donors (Lipinski definition) is 1. The lowest BCUT2D eigenvalue weighted by molar-refractivity contribution is 0.490. The predicted octanol–water partition coefficient (Wildman–Crippen LogP) is 0.587. The summed E-state index contributed by atoms with van der Waals surface area (Å²) in [5, 5.41) is 0. The van der Waals surface area contributed by atoms with Gasteiger partial charge in [0.2, 0.25) is 5.95 Å². The van der Waals surface area contributed by atoms with Gasteiger partial charge in [0.15, 0.2) is 0 Å². The van der Waals surface area contributed by atoms with Crippen LogP contribution in [0.2, 0.25) is 0 Å². The number of aromatic nitrogens is 2. The van der Waals surface area contributed by atoms with E-state index in [1.54, 1.807) is 4.57 Å². The Bertz CT molecular complexity index is 537. The first-order valence-electron chi connectivity index (χ1n) is 7.26. The number of nitrogens with zero attached hydrogens (tertiary/aromatic N) is 3. The molecule has 1 fully saturated rings. The lowest BCUT2D eigenvalue weighted by Gasteiger charge is -2.33. The number of rotatable bonds is 1. The monoisotopic (exact) mass is 262 g/mol. The standard InChI is InChI=1S/C14H22N4O/c1-17-13(19)11-6-2-3-7-12(11)16-14(17)18-8-4-5-10(15)9-18/h10H,2-9,15H2,1H3/t10-/m1/s1. The quantitative estimate of drug-likeness (QED) is 0.804. The van der Waals surface area contributed by atoms with E-state index in [0.29, 0.717) is 0 Å². The Hall–Kier alpha value is -1.36. The minimum Gasteiger partial charge on any atom is -0.341 e. The van der Waals surface area contributed by atoms with Crippen molar-refractivity contribution in [3.8, 4) is 0 Å². The summed E-state index contributed by atoms with van der Waals surface area (Å²) in [7, 11) is 1.83. The van der Waals surface area contributed by atoms with Crippen LogP contribution in [0.25, 0.3) is 0 Å². The van der Waals surface area contributed by atoms with Crippen molar-refractivity contribution in [1.82, 2.24) is 9.55 Å². The van der Waals surface area contributed by atoms with Crippen LogP contribution < -0.4 is 16.2 Å². The van der Waals surface area contributed by atoms with Crippen LogP contribution in [0.3, 0.4) is 0 Å².